The first-order chi connectivity index (χ1) is 8.72. The lowest BCUT2D eigenvalue weighted by molar-refractivity contribution is 0.399. The Hall–Kier alpha value is -1.40. The van der Waals surface area contributed by atoms with Crippen LogP contribution in [0.2, 0.25) is 5.15 Å². The molecule has 1 aliphatic heterocycles. The molecule has 1 atom stereocenters. The summed E-state index contributed by atoms with van der Waals surface area (Å²) in [5.74, 6) is 2.03. The molecule has 2 aromatic heterocycles. The molecule has 18 heavy (non-hydrogen) atoms. The van der Waals surface area contributed by atoms with Crippen LogP contribution in [0.15, 0.2) is 12.4 Å². The van der Waals surface area contributed by atoms with Crippen LogP contribution in [0.25, 0.3) is 5.78 Å². The van der Waals surface area contributed by atoms with E-state index in [0.29, 0.717) is 16.8 Å². The summed E-state index contributed by atoms with van der Waals surface area (Å²) in [5.41, 5.74) is 0. The normalized spacial score (nSPS) is 20.7. The van der Waals surface area contributed by atoms with Crippen molar-refractivity contribution in [2.45, 2.75) is 6.42 Å². The van der Waals surface area contributed by atoms with Gasteiger partial charge in [-0.25, -0.2) is 0 Å². The highest BCUT2D eigenvalue weighted by molar-refractivity contribution is 6.29. The van der Waals surface area contributed by atoms with Crippen molar-refractivity contribution in [3.05, 3.63) is 17.5 Å². The summed E-state index contributed by atoms with van der Waals surface area (Å²) in [6.45, 7) is 3.22. The lowest BCUT2D eigenvalue weighted by atomic mass is 10.1. The van der Waals surface area contributed by atoms with Crippen LogP contribution in [0, 0.1) is 5.92 Å². The SMILES string of the molecule is CN1CCC(CNc2cc(Cl)nc3ncnn23)C1. The quantitative estimate of drug-likeness (QED) is 0.845. The zero-order valence-corrected chi connectivity index (χ0v) is 10.9. The van der Waals surface area contributed by atoms with Crippen LogP contribution in [0.3, 0.4) is 0 Å². The van der Waals surface area contributed by atoms with E-state index in [9.17, 15) is 0 Å². The maximum absolute atomic E-state index is 5.96. The number of anilines is 1. The predicted molar refractivity (Wildman–Crippen MR) is 69.9 cm³/mol. The van der Waals surface area contributed by atoms with Crippen molar-refractivity contribution in [1.82, 2.24) is 24.5 Å². The van der Waals surface area contributed by atoms with Gasteiger partial charge in [-0.05, 0) is 25.9 Å². The van der Waals surface area contributed by atoms with E-state index in [1.807, 2.05) is 0 Å². The third-order valence-corrected chi connectivity index (χ3v) is 3.47. The van der Waals surface area contributed by atoms with Gasteiger partial charge in [0.05, 0.1) is 0 Å². The van der Waals surface area contributed by atoms with Crippen LogP contribution in [0.5, 0.6) is 0 Å². The number of aromatic nitrogens is 4. The van der Waals surface area contributed by atoms with Gasteiger partial charge in [0, 0.05) is 19.2 Å². The smallest absolute Gasteiger partial charge is 0.255 e. The van der Waals surface area contributed by atoms with E-state index in [0.717, 1.165) is 18.9 Å². The fourth-order valence-corrected chi connectivity index (χ4v) is 2.53. The first kappa shape index (κ1) is 11.7. The summed E-state index contributed by atoms with van der Waals surface area (Å²) in [4.78, 5) is 10.5. The van der Waals surface area contributed by atoms with Gasteiger partial charge in [0.1, 0.15) is 17.3 Å². The number of nitrogens with one attached hydrogen (secondary N) is 1. The molecule has 1 fully saturated rings. The maximum atomic E-state index is 5.96. The van der Waals surface area contributed by atoms with Crippen LogP contribution < -0.4 is 5.32 Å². The van der Waals surface area contributed by atoms with Gasteiger partial charge < -0.3 is 10.2 Å². The van der Waals surface area contributed by atoms with Crippen molar-refractivity contribution in [2.75, 3.05) is 32.0 Å². The first-order valence-corrected chi connectivity index (χ1v) is 6.39. The lowest BCUT2D eigenvalue weighted by Crippen LogP contribution is -2.20. The van der Waals surface area contributed by atoms with Gasteiger partial charge in [-0.3, -0.25) is 0 Å². The minimum absolute atomic E-state index is 0.432. The van der Waals surface area contributed by atoms with Crippen LogP contribution in [0.1, 0.15) is 6.42 Å². The molecule has 96 valence electrons. The Morgan fingerprint density at radius 2 is 2.44 bits per heavy atom. The van der Waals surface area contributed by atoms with Crippen molar-refractivity contribution in [3.8, 4) is 0 Å². The lowest BCUT2D eigenvalue weighted by Gasteiger charge is -2.13. The molecule has 0 aliphatic carbocycles. The fraction of sp³-hybridized carbons (Fsp3) is 0.545. The second-order valence-corrected chi connectivity index (χ2v) is 5.12. The third kappa shape index (κ3) is 2.26. The molecular weight excluding hydrogens is 252 g/mol. The van der Waals surface area contributed by atoms with Crippen LogP contribution in [-0.2, 0) is 0 Å². The number of hydrogen-bond acceptors (Lipinski definition) is 5. The molecule has 3 rings (SSSR count). The Kier molecular flexibility index (Phi) is 3.05. The first-order valence-electron chi connectivity index (χ1n) is 6.01. The Bertz CT molecular complexity index is 553. The average molecular weight is 267 g/mol. The van der Waals surface area contributed by atoms with Gasteiger partial charge in [0.25, 0.3) is 5.78 Å². The van der Waals surface area contributed by atoms with E-state index in [2.05, 4.69) is 32.3 Å². The Balaban J connectivity index is 1.75. The van der Waals surface area contributed by atoms with Gasteiger partial charge in [-0.2, -0.15) is 19.6 Å². The molecule has 0 spiro atoms. The van der Waals surface area contributed by atoms with E-state index in [-0.39, 0.29) is 0 Å². The molecule has 1 unspecified atom stereocenters. The van der Waals surface area contributed by atoms with Crippen molar-refractivity contribution < 1.29 is 0 Å². The van der Waals surface area contributed by atoms with Gasteiger partial charge in [-0.1, -0.05) is 11.6 Å². The standard InChI is InChI=1S/C11H15ClN6/c1-17-3-2-8(6-17)5-13-10-4-9(12)16-11-14-7-15-18(10)11/h4,7-8,13H,2-3,5-6H2,1H3. The molecule has 1 N–H and O–H groups in total. The molecule has 0 saturated carbocycles. The Morgan fingerprint density at radius 1 is 1.56 bits per heavy atom. The summed E-state index contributed by atoms with van der Waals surface area (Å²) in [6, 6.07) is 1.78. The maximum Gasteiger partial charge on any atom is 0.255 e. The van der Waals surface area contributed by atoms with E-state index >= 15 is 0 Å². The zero-order valence-electron chi connectivity index (χ0n) is 10.2. The second-order valence-electron chi connectivity index (χ2n) is 4.73. The van der Waals surface area contributed by atoms with Crippen molar-refractivity contribution in [1.29, 1.82) is 0 Å². The predicted octanol–water partition coefficient (Wildman–Crippen LogP) is 1.14. The van der Waals surface area contributed by atoms with Gasteiger partial charge in [-0.15, -0.1) is 0 Å². The van der Waals surface area contributed by atoms with Crippen LogP contribution in [0.4, 0.5) is 5.82 Å². The van der Waals surface area contributed by atoms with E-state index in [4.69, 9.17) is 11.6 Å². The topological polar surface area (TPSA) is 58.3 Å². The van der Waals surface area contributed by atoms with Gasteiger partial charge >= 0.3 is 0 Å². The molecule has 2 aromatic rings. The molecule has 1 saturated heterocycles. The highest BCUT2D eigenvalue weighted by Crippen LogP contribution is 2.18. The summed E-state index contributed by atoms with van der Waals surface area (Å²) in [7, 11) is 2.15. The average Bonchev–Trinajstić information content (AvgIpc) is 2.94. The highest BCUT2D eigenvalue weighted by Gasteiger charge is 2.19. The van der Waals surface area contributed by atoms with E-state index in [1.54, 1.807) is 10.6 Å². The summed E-state index contributed by atoms with van der Waals surface area (Å²) in [5, 5.41) is 7.95. The zero-order chi connectivity index (χ0) is 12.5. The number of nitrogens with zero attached hydrogens (tertiary/aromatic N) is 5. The molecule has 6 nitrogen and oxygen atoms in total. The molecule has 1 aliphatic rings. The molecular formula is C11H15ClN6. The molecule has 0 aromatic carbocycles. The molecule has 0 bridgehead atoms. The summed E-state index contributed by atoms with van der Waals surface area (Å²) < 4.78 is 1.67. The summed E-state index contributed by atoms with van der Waals surface area (Å²) in [6.07, 6.45) is 2.70. The number of hydrogen-bond donors (Lipinski definition) is 1. The highest BCUT2D eigenvalue weighted by atomic mass is 35.5. The number of fused-ring (bicyclic) bond motifs is 1. The van der Waals surface area contributed by atoms with Crippen molar-refractivity contribution in [3.63, 3.8) is 0 Å². The van der Waals surface area contributed by atoms with Crippen molar-refractivity contribution in [2.24, 2.45) is 5.92 Å². The molecule has 3 heterocycles. The molecule has 0 amide bonds. The number of likely N-dealkylation sites (tertiary alicyclic amines) is 1. The largest absolute Gasteiger partial charge is 0.369 e. The minimum Gasteiger partial charge on any atom is -0.369 e. The second kappa shape index (κ2) is 4.70. The van der Waals surface area contributed by atoms with Gasteiger partial charge in [0.15, 0.2) is 0 Å². The van der Waals surface area contributed by atoms with Crippen LogP contribution >= 0.6 is 11.6 Å². The third-order valence-electron chi connectivity index (χ3n) is 3.28. The van der Waals surface area contributed by atoms with E-state index in [1.165, 1.54) is 19.3 Å². The molecule has 7 heteroatoms. The fourth-order valence-electron chi connectivity index (χ4n) is 2.35. The molecule has 0 radical (unpaired) electrons. The summed E-state index contributed by atoms with van der Waals surface area (Å²) >= 11 is 5.96. The Morgan fingerprint density at radius 3 is 3.22 bits per heavy atom. The monoisotopic (exact) mass is 266 g/mol. The van der Waals surface area contributed by atoms with Gasteiger partial charge in [0.2, 0.25) is 0 Å². The number of rotatable bonds is 3. The minimum atomic E-state index is 0.432. The number of halogens is 1. The van der Waals surface area contributed by atoms with Crippen molar-refractivity contribution >= 4 is 23.2 Å². The van der Waals surface area contributed by atoms with E-state index < -0.39 is 0 Å². The Labute approximate surface area is 110 Å². The van der Waals surface area contributed by atoms with Crippen LogP contribution in [-0.4, -0.2) is 51.2 Å².